The van der Waals surface area contributed by atoms with E-state index in [2.05, 4.69) is 15.1 Å². The Kier molecular flexibility index (Phi) is 5.32. The summed E-state index contributed by atoms with van der Waals surface area (Å²) in [5.74, 6) is -1.56. The first-order valence-electron chi connectivity index (χ1n) is 9.64. The third kappa shape index (κ3) is 4.13. The lowest BCUT2D eigenvalue weighted by Gasteiger charge is -2.37. The molecule has 0 amide bonds. The van der Waals surface area contributed by atoms with Crippen LogP contribution in [-0.4, -0.2) is 38.8 Å². The van der Waals surface area contributed by atoms with E-state index in [1.165, 1.54) is 6.07 Å². The molecule has 2 aromatic rings. The van der Waals surface area contributed by atoms with Crippen LogP contribution in [0.5, 0.6) is 0 Å². The molecule has 1 aliphatic carbocycles. The van der Waals surface area contributed by atoms with Crippen molar-refractivity contribution in [1.82, 2.24) is 19.7 Å². The summed E-state index contributed by atoms with van der Waals surface area (Å²) in [7, 11) is 0. The quantitative estimate of drug-likeness (QED) is 0.782. The minimum atomic E-state index is -4.51. The van der Waals surface area contributed by atoms with E-state index < -0.39 is 23.6 Å². The number of nitrogens with zero attached hydrogens (tertiary/aromatic N) is 4. The SMILES string of the molecule is N[C@H]1CC(CN2CCn3c(nnc3C(F)(F)F)C2)CCC1c1cc(F)ccc1F. The Labute approximate surface area is 164 Å². The lowest BCUT2D eigenvalue weighted by atomic mass is 9.75. The van der Waals surface area contributed by atoms with Gasteiger partial charge in [-0.25, -0.2) is 8.78 Å². The summed E-state index contributed by atoms with van der Waals surface area (Å²) < 4.78 is 67.6. The molecule has 2 aliphatic rings. The van der Waals surface area contributed by atoms with Crippen LogP contribution in [-0.2, 0) is 19.3 Å². The van der Waals surface area contributed by atoms with Gasteiger partial charge in [-0.2, -0.15) is 13.2 Å². The summed E-state index contributed by atoms with van der Waals surface area (Å²) in [6.45, 7) is 1.64. The second kappa shape index (κ2) is 7.64. The largest absolute Gasteiger partial charge is 0.451 e. The van der Waals surface area contributed by atoms with Gasteiger partial charge in [0.05, 0.1) is 6.54 Å². The lowest BCUT2D eigenvalue weighted by Crippen LogP contribution is -2.42. The monoisotopic (exact) mass is 415 g/mol. The molecule has 2 heterocycles. The van der Waals surface area contributed by atoms with Crippen LogP contribution < -0.4 is 5.73 Å². The standard InChI is InChI=1S/C19H22F5N5/c20-12-2-4-15(21)14(8-12)13-3-1-11(7-16(13)25)9-28-5-6-29-17(10-28)26-27-18(29)19(22,23)24/h2,4,8,11,13,16H,1,3,5-7,9-10,25H2/t11?,13?,16-/m0/s1. The Balaban J connectivity index is 1.38. The Bertz CT molecular complexity index is 880. The molecule has 0 saturated heterocycles. The van der Waals surface area contributed by atoms with Gasteiger partial charge in [0.15, 0.2) is 0 Å². The van der Waals surface area contributed by atoms with E-state index in [0.29, 0.717) is 43.9 Å². The van der Waals surface area contributed by atoms with Crippen molar-refractivity contribution in [3.8, 4) is 0 Å². The van der Waals surface area contributed by atoms with Gasteiger partial charge in [-0.1, -0.05) is 0 Å². The topological polar surface area (TPSA) is 60.0 Å². The van der Waals surface area contributed by atoms with Gasteiger partial charge < -0.3 is 10.3 Å². The summed E-state index contributed by atoms with van der Waals surface area (Å²) >= 11 is 0. The molecular formula is C19H22F5N5. The average molecular weight is 415 g/mol. The first-order chi connectivity index (χ1) is 13.7. The van der Waals surface area contributed by atoms with Crippen LogP contribution in [0.3, 0.4) is 0 Å². The van der Waals surface area contributed by atoms with Crippen LogP contribution in [0.15, 0.2) is 18.2 Å². The summed E-state index contributed by atoms with van der Waals surface area (Å²) in [5, 5.41) is 7.00. The zero-order chi connectivity index (χ0) is 20.8. The fraction of sp³-hybridized carbons (Fsp3) is 0.579. The van der Waals surface area contributed by atoms with E-state index in [9.17, 15) is 22.0 Å². The van der Waals surface area contributed by atoms with Crippen LogP contribution in [0.1, 0.15) is 42.4 Å². The number of halogens is 5. The number of nitrogens with two attached hydrogens (primary N) is 1. The lowest BCUT2D eigenvalue weighted by molar-refractivity contribution is -0.148. The molecule has 1 aromatic heterocycles. The first-order valence-corrected chi connectivity index (χ1v) is 9.64. The fourth-order valence-corrected chi connectivity index (χ4v) is 4.59. The van der Waals surface area contributed by atoms with Gasteiger partial charge in [0.25, 0.3) is 0 Å². The van der Waals surface area contributed by atoms with Crippen molar-refractivity contribution in [3.63, 3.8) is 0 Å². The van der Waals surface area contributed by atoms with Crippen molar-refractivity contribution in [1.29, 1.82) is 0 Å². The second-order valence-corrected chi connectivity index (χ2v) is 7.94. The number of rotatable bonds is 3. The summed E-state index contributed by atoms with van der Waals surface area (Å²) in [5.41, 5.74) is 6.62. The smallest absolute Gasteiger partial charge is 0.327 e. The average Bonchev–Trinajstić information content (AvgIpc) is 3.08. The molecule has 2 N–H and O–H groups in total. The highest BCUT2D eigenvalue weighted by molar-refractivity contribution is 5.25. The molecule has 2 unspecified atom stereocenters. The van der Waals surface area contributed by atoms with Crippen LogP contribution in [0.25, 0.3) is 0 Å². The highest BCUT2D eigenvalue weighted by atomic mass is 19.4. The Morgan fingerprint density at radius 1 is 1.10 bits per heavy atom. The maximum Gasteiger partial charge on any atom is 0.451 e. The molecule has 29 heavy (non-hydrogen) atoms. The molecule has 3 atom stereocenters. The third-order valence-electron chi connectivity index (χ3n) is 5.97. The minimum absolute atomic E-state index is 0.188. The molecule has 158 valence electrons. The van der Waals surface area contributed by atoms with Crippen LogP contribution in [0, 0.1) is 17.6 Å². The number of benzene rings is 1. The molecular weight excluding hydrogens is 393 g/mol. The van der Waals surface area contributed by atoms with E-state index in [1.807, 2.05) is 0 Å². The van der Waals surface area contributed by atoms with E-state index in [1.54, 1.807) is 0 Å². The zero-order valence-electron chi connectivity index (χ0n) is 15.7. The molecule has 0 spiro atoms. The normalized spacial score (nSPS) is 25.8. The maximum atomic E-state index is 14.1. The molecule has 0 radical (unpaired) electrons. The van der Waals surface area contributed by atoms with Gasteiger partial charge >= 0.3 is 6.18 Å². The molecule has 0 bridgehead atoms. The van der Waals surface area contributed by atoms with Gasteiger partial charge in [-0.3, -0.25) is 4.90 Å². The molecule has 1 aliphatic heterocycles. The molecule has 5 nitrogen and oxygen atoms in total. The Morgan fingerprint density at radius 3 is 2.62 bits per heavy atom. The maximum absolute atomic E-state index is 14.1. The van der Waals surface area contributed by atoms with Crippen LogP contribution >= 0.6 is 0 Å². The van der Waals surface area contributed by atoms with Crippen molar-refractivity contribution in [2.24, 2.45) is 11.7 Å². The van der Waals surface area contributed by atoms with Crippen LogP contribution in [0.2, 0.25) is 0 Å². The first kappa shape index (κ1) is 20.2. The van der Waals surface area contributed by atoms with Gasteiger partial charge in [0, 0.05) is 31.6 Å². The fourth-order valence-electron chi connectivity index (χ4n) is 4.59. The van der Waals surface area contributed by atoms with Gasteiger partial charge in [-0.15, -0.1) is 10.2 Å². The van der Waals surface area contributed by atoms with Crippen molar-refractivity contribution in [3.05, 3.63) is 47.0 Å². The zero-order valence-corrected chi connectivity index (χ0v) is 15.7. The summed E-state index contributed by atoms with van der Waals surface area (Å²) in [4.78, 5) is 2.06. The van der Waals surface area contributed by atoms with Crippen LogP contribution in [0.4, 0.5) is 22.0 Å². The van der Waals surface area contributed by atoms with Crippen molar-refractivity contribution in [2.45, 2.75) is 50.5 Å². The van der Waals surface area contributed by atoms with E-state index in [4.69, 9.17) is 5.73 Å². The Hall–Kier alpha value is -2.07. The minimum Gasteiger partial charge on any atom is -0.327 e. The number of aromatic nitrogens is 3. The molecule has 10 heteroatoms. The number of hydrogen-bond acceptors (Lipinski definition) is 4. The van der Waals surface area contributed by atoms with E-state index in [0.717, 1.165) is 23.1 Å². The van der Waals surface area contributed by atoms with E-state index in [-0.39, 0.29) is 24.4 Å². The molecule has 4 rings (SSSR count). The van der Waals surface area contributed by atoms with Crippen molar-refractivity contribution in [2.75, 3.05) is 13.1 Å². The predicted molar refractivity (Wildman–Crippen MR) is 94.7 cm³/mol. The number of alkyl halides is 3. The van der Waals surface area contributed by atoms with Gasteiger partial charge in [0.2, 0.25) is 5.82 Å². The number of hydrogen-bond donors (Lipinski definition) is 1. The molecule has 1 fully saturated rings. The molecule has 1 aromatic carbocycles. The summed E-state index contributed by atoms with van der Waals surface area (Å²) in [6.07, 6.45) is -2.41. The van der Waals surface area contributed by atoms with E-state index >= 15 is 0 Å². The third-order valence-corrected chi connectivity index (χ3v) is 5.97. The van der Waals surface area contributed by atoms with Crippen molar-refractivity contribution >= 4 is 0 Å². The Morgan fingerprint density at radius 2 is 1.90 bits per heavy atom. The second-order valence-electron chi connectivity index (χ2n) is 7.94. The summed E-state index contributed by atoms with van der Waals surface area (Å²) in [6, 6.07) is 3.14. The van der Waals surface area contributed by atoms with Crippen molar-refractivity contribution < 1.29 is 22.0 Å². The highest BCUT2D eigenvalue weighted by Crippen LogP contribution is 2.37. The predicted octanol–water partition coefficient (Wildman–Crippen LogP) is 3.30. The highest BCUT2D eigenvalue weighted by Gasteiger charge is 2.40. The van der Waals surface area contributed by atoms with Gasteiger partial charge in [-0.05, 0) is 48.9 Å². The van der Waals surface area contributed by atoms with Gasteiger partial charge in [0.1, 0.15) is 17.5 Å². The number of fused-ring (bicyclic) bond motifs is 1. The molecule has 1 saturated carbocycles.